The number of thiophene rings is 1. The van der Waals surface area contributed by atoms with Crippen LogP contribution in [0.1, 0.15) is 36.4 Å². The Hall–Kier alpha value is -0.580. The van der Waals surface area contributed by atoms with Gasteiger partial charge in [0.15, 0.2) is 0 Å². The van der Waals surface area contributed by atoms with Gasteiger partial charge in [-0.2, -0.15) is 0 Å². The summed E-state index contributed by atoms with van der Waals surface area (Å²) < 4.78 is 0.662. The number of likely N-dealkylation sites (tertiary alicyclic amines) is 1. The Kier molecular flexibility index (Phi) is 5.25. The fraction of sp³-hybridized carbons (Fsp3) is 0.643. The summed E-state index contributed by atoms with van der Waals surface area (Å²) in [5.74, 6) is 0.609. The molecule has 1 fully saturated rings. The van der Waals surface area contributed by atoms with Crippen LogP contribution in [0, 0.1) is 5.92 Å². The van der Waals surface area contributed by atoms with Crippen molar-refractivity contribution in [2.45, 2.75) is 32.7 Å². The molecule has 5 heteroatoms. The van der Waals surface area contributed by atoms with Crippen LogP contribution in [0.3, 0.4) is 0 Å². The summed E-state index contributed by atoms with van der Waals surface area (Å²) in [5, 5.41) is 3.02. The lowest BCUT2D eigenvalue weighted by Crippen LogP contribution is -2.41. The van der Waals surface area contributed by atoms with Gasteiger partial charge < -0.3 is 10.2 Å². The van der Waals surface area contributed by atoms with Crippen LogP contribution < -0.4 is 5.32 Å². The molecule has 1 aliphatic heterocycles. The molecule has 19 heavy (non-hydrogen) atoms. The Morgan fingerprint density at radius 1 is 1.47 bits per heavy atom. The number of rotatable bonds is 4. The van der Waals surface area contributed by atoms with Crippen LogP contribution in [0.25, 0.3) is 0 Å². The molecule has 0 saturated carbocycles. The molecule has 0 spiro atoms. The van der Waals surface area contributed by atoms with Crippen molar-refractivity contribution in [1.29, 1.82) is 0 Å². The third-order valence-electron chi connectivity index (χ3n) is 3.73. The summed E-state index contributed by atoms with van der Waals surface area (Å²) in [6.45, 7) is 7.54. The highest BCUT2D eigenvalue weighted by molar-refractivity contribution is 7.17. The van der Waals surface area contributed by atoms with Crippen LogP contribution >= 0.6 is 22.9 Å². The molecule has 0 aliphatic carbocycles. The lowest BCUT2D eigenvalue weighted by atomic mass is 9.96. The average Bonchev–Trinajstić information content (AvgIpc) is 2.83. The maximum Gasteiger partial charge on any atom is 0.261 e. The third-order valence-corrected chi connectivity index (χ3v) is 4.96. The van der Waals surface area contributed by atoms with Crippen molar-refractivity contribution in [3.05, 3.63) is 21.3 Å². The molecule has 2 rings (SSSR count). The Balaban J connectivity index is 1.73. The van der Waals surface area contributed by atoms with Gasteiger partial charge in [-0.05, 0) is 57.8 Å². The smallest absolute Gasteiger partial charge is 0.261 e. The van der Waals surface area contributed by atoms with Gasteiger partial charge in [-0.3, -0.25) is 4.79 Å². The summed E-state index contributed by atoms with van der Waals surface area (Å²) in [6.07, 6.45) is 2.34. The lowest BCUT2D eigenvalue weighted by molar-refractivity contribution is 0.0933. The van der Waals surface area contributed by atoms with Crippen LogP contribution in [-0.4, -0.2) is 36.5 Å². The topological polar surface area (TPSA) is 32.3 Å². The van der Waals surface area contributed by atoms with Crippen LogP contribution in [0.5, 0.6) is 0 Å². The van der Waals surface area contributed by atoms with E-state index in [-0.39, 0.29) is 5.91 Å². The van der Waals surface area contributed by atoms with Crippen molar-refractivity contribution in [2.24, 2.45) is 5.92 Å². The molecule has 1 amide bonds. The zero-order chi connectivity index (χ0) is 13.8. The molecule has 1 aliphatic rings. The van der Waals surface area contributed by atoms with Crippen LogP contribution in [0.2, 0.25) is 4.34 Å². The van der Waals surface area contributed by atoms with E-state index in [0.29, 0.717) is 21.2 Å². The number of carbonyl (C=O) groups is 1. The van der Waals surface area contributed by atoms with Crippen LogP contribution in [0.4, 0.5) is 0 Å². The highest BCUT2D eigenvalue weighted by Gasteiger charge is 2.21. The van der Waals surface area contributed by atoms with E-state index in [0.717, 1.165) is 19.6 Å². The molecule has 1 N–H and O–H groups in total. The second-order valence-corrected chi connectivity index (χ2v) is 7.10. The first kappa shape index (κ1) is 14.8. The van der Waals surface area contributed by atoms with E-state index >= 15 is 0 Å². The van der Waals surface area contributed by atoms with E-state index in [1.54, 1.807) is 12.1 Å². The molecule has 106 valence electrons. The van der Waals surface area contributed by atoms with Gasteiger partial charge in [-0.1, -0.05) is 11.6 Å². The predicted octanol–water partition coefficient (Wildman–Crippen LogP) is 3.25. The van der Waals surface area contributed by atoms with E-state index in [1.165, 1.54) is 24.2 Å². The summed E-state index contributed by atoms with van der Waals surface area (Å²) in [7, 11) is 0. The molecular weight excluding hydrogens is 280 g/mol. The number of carbonyl (C=O) groups excluding carboxylic acids is 1. The Bertz CT molecular complexity index is 425. The predicted molar refractivity (Wildman–Crippen MR) is 81.1 cm³/mol. The molecular formula is C14H21ClN2OS. The van der Waals surface area contributed by atoms with Gasteiger partial charge in [-0.25, -0.2) is 0 Å². The first-order valence-electron chi connectivity index (χ1n) is 6.84. The monoisotopic (exact) mass is 300 g/mol. The number of amides is 1. The van der Waals surface area contributed by atoms with Crippen molar-refractivity contribution in [3.63, 3.8) is 0 Å². The zero-order valence-electron chi connectivity index (χ0n) is 11.5. The molecule has 1 aromatic rings. The molecule has 0 bridgehead atoms. The number of nitrogens with one attached hydrogen (secondary N) is 1. The summed E-state index contributed by atoms with van der Waals surface area (Å²) in [6, 6.07) is 4.18. The molecule has 0 unspecified atom stereocenters. The van der Waals surface area contributed by atoms with E-state index in [4.69, 9.17) is 11.6 Å². The van der Waals surface area contributed by atoms with Crippen molar-refractivity contribution in [1.82, 2.24) is 10.2 Å². The molecule has 0 aromatic carbocycles. The molecule has 0 radical (unpaired) electrons. The highest BCUT2D eigenvalue weighted by atomic mass is 35.5. The number of nitrogens with zero attached hydrogens (tertiary/aromatic N) is 1. The largest absolute Gasteiger partial charge is 0.351 e. The zero-order valence-corrected chi connectivity index (χ0v) is 13.1. The number of hydrogen-bond donors (Lipinski definition) is 1. The lowest BCUT2D eigenvalue weighted by Gasteiger charge is -2.34. The summed E-state index contributed by atoms with van der Waals surface area (Å²) in [5.41, 5.74) is 0. The maximum absolute atomic E-state index is 11.9. The maximum atomic E-state index is 11.9. The second kappa shape index (κ2) is 6.73. The van der Waals surface area contributed by atoms with Gasteiger partial charge in [-0.15, -0.1) is 11.3 Å². The standard InChI is InChI=1S/C14H21ClN2OS/c1-10(2)17-7-5-11(6-8-17)9-16-14(18)12-3-4-13(15)19-12/h3-4,10-11H,5-9H2,1-2H3,(H,16,18). The van der Waals surface area contributed by atoms with E-state index in [2.05, 4.69) is 24.1 Å². The first-order valence-corrected chi connectivity index (χ1v) is 8.03. The second-order valence-electron chi connectivity index (χ2n) is 5.39. The van der Waals surface area contributed by atoms with Gasteiger partial charge in [0, 0.05) is 12.6 Å². The molecule has 3 nitrogen and oxygen atoms in total. The minimum absolute atomic E-state index is 0.00295. The van der Waals surface area contributed by atoms with Gasteiger partial charge in [0.1, 0.15) is 0 Å². The fourth-order valence-electron chi connectivity index (χ4n) is 2.43. The highest BCUT2D eigenvalue weighted by Crippen LogP contribution is 2.22. The third kappa shape index (κ3) is 4.20. The van der Waals surface area contributed by atoms with Crippen LogP contribution in [0.15, 0.2) is 12.1 Å². The molecule has 1 saturated heterocycles. The number of hydrogen-bond acceptors (Lipinski definition) is 3. The minimum atomic E-state index is 0.00295. The molecule has 2 heterocycles. The summed E-state index contributed by atoms with van der Waals surface area (Å²) >= 11 is 7.16. The Morgan fingerprint density at radius 3 is 2.68 bits per heavy atom. The van der Waals surface area contributed by atoms with Crippen molar-refractivity contribution >= 4 is 28.8 Å². The van der Waals surface area contributed by atoms with Crippen molar-refractivity contribution in [2.75, 3.05) is 19.6 Å². The van der Waals surface area contributed by atoms with Gasteiger partial charge in [0.25, 0.3) is 5.91 Å². The minimum Gasteiger partial charge on any atom is -0.351 e. The van der Waals surface area contributed by atoms with Gasteiger partial charge in [0.2, 0.25) is 0 Å². The first-order chi connectivity index (χ1) is 9.06. The van der Waals surface area contributed by atoms with E-state index in [1.807, 2.05) is 0 Å². The van der Waals surface area contributed by atoms with Crippen molar-refractivity contribution in [3.8, 4) is 0 Å². The van der Waals surface area contributed by atoms with Gasteiger partial charge >= 0.3 is 0 Å². The van der Waals surface area contributed by atoms with Gasteiger partial charge in [0.05, 0.1) is 9.21 Å². The Labute approximate surface area is 123 Å². The Morgan fingerprint density at radius 2 is 2.16 bits per heavy atom. The molecule has 1 aromatic heterocycles. The molecule has 0 atom stereocenters. The SMILES string of the molecule is CC(C)N1CCC(CNC(=O)c2ccc(Cl)s2)CC1. The van der Waals surface area contributed by atoms with E-state index < -0.39 is 0 Å². The fourth-order valence-corrected chi connectivity index (χ4v) is 3.39. The quantitative estimate of drug-likeness (QED) is 0.926. The number of halogens is 1. The van der Waals surface area contributed by atoms with Crippen molar-refractivity contribution < 1.29 is 4.79 Å². The van der Waals surface area contributed by atoms with Crippen LogP contribution in [-0.2, 0) is 0 Å². The summed E-state index contributed by atoms with van der Waals surface area (Å²) in [4.78, 5) is 15.1. The number of piperidine rings is 1. The normalized spacial score (nSPS) is 17.9. The van der Waals surface area contributed by atoms with E-state index in [9.17, 15) is 4.79 Å². The average molecular weight is 301 g/mol.